The van der Waals surface area contributed by atoms with E-state index in [4.69, 9.17) is 0 Å². The smallest absolute Gasteiger partial charge is 0.174 e. The van der Waals surface area contributed by atoms with Crippen molar-refractivity contribution in [3.05, 3.63) is 145 Å². The Morgan fingerprint density at radius 2 is 0.656 bits per heavy atom. The van der Waals surface area contributed by atoms with Crippen LogP contribution in [0, 0.1) is 0 Å². The first-order chi connectivity index (χ1) is 15.8. The molecule has 5 aromatic rings. The van der Waals surface area contributed by atoms with Crippen LogP contribution < -0.4 is 9.13 Å². The molecule has 5 rings (SSSR count). The maximum absolute atomic E-state index is 2.24. The molecule has 2 nitrogen and oxygen atoms in total. The van der Waals surface area contributed by atoms with Gasteiger partial charge in [0.2, 0.25) is 0 Å². The number of benzene rings is 3. The molecule has 0 aliphatic carbocycles. The number of hydrogen-bond donors (Lipinski definition) is 0. The molecule has 0 aliphatic heterocycles. The van der Waals surface area contributed by atoms with E-state index < -0.39 is 0 Å². The van der Waals surface area contributed by atoms with Crippen LogP contribution in [0.4, 0.5) is 0 Å². The van der Waals surface area contributed by atoms with E-state index in [2.05, 4.69) is 143 Å². The molecule has 154 valence electrons. The highest BCUT2D eigenvalue weighted by Gasteiger charge is 2.12. The lowest BCUT2D eigenvalue weighted by molar-refractivity contribution is -0.693. The monoisotopic (exact) mass is 414 g/mol. The van der Waals surface area contributed by atoms with Gasteiger partial charge in [0.05, 0.1) is 0 Å². The van der Waals surface area contributed by atoms with E-state index in [1.165, 1.54) is 33.4 Å². The van der Waals surface area contributed by atoms with Crippen LogP contribution in [0.25, 0.3) is 22.3 Å². The predicted octanol–water partition coefficient (Wildman–Crippen LogP) is 5.69. The van der Waals surface area contributed by atoms with E-state index in [1.54, 1.807) is 0 Å². The van der Waals surface area contributed by atoms with Crippen molar-refractivity contribution in [1.82, 2.24) is 0 Å². The highest BCUT2D eigenvalue weighted by Crippen LogP contribution is 2.18. The summed E-state index contributed by atoms with van der Waals surface area (Å²) in [7, 11) is 0. The van der Waals surface area contributed by atoms with Gasteiger partial charge in [-0.15, -0.1) is 0 Å². The fraction of sp³-hybridized carbons (Fsp3) is 0.0667. The lowest BCUT2D eigenvalue weighted by Crippen LogP contribution is -2.36. The summed E-state index contributed by atoms with van der Waals surface area (Å²) in [5.74, 6) is 0. The summed E-state index contributed by atoms with van der Waals surface area (Å²) >= 11 is 0. The summed E-state index contributed by atoms with van der Waals surface area (Å²) in [6, 6.07) is 38.5. The lowest BCUT2D eigenvalue weighted by Gasteiger charge is -2.06. The van der Waals surface area contributed by atoms with Gasteiger partial charge in [-0.3, -0.25) is 0 Å². The van der Waals surface area contributed by atoms with Crippen molar-refractivity contribution >= 4 is 0 Å². The minimum Gasteiger partial charge on any atom is -0.201 e. The topological polar surface area (TPSA) is 7.76 Å². The van der Waals surface area contributed by atoms with Crippen LogP contribution >= 0.6 is 0 Å². The predicted molar refractivity (Wildman–Crippen MR) is 129 cm³/mol. The summed E-state index contributed by atoms with van der Waals surface area (Å²) in [6.07, 6.45) is 8.67. The molecule has 0 fully saturated rings. The van der Waals surface area contributed by atoms with Crippen molar-refractivity contribution < 1.29 is 9.13 Å². The highest BCUT2D eigenvalue weighted by atomic mass is 14.9. The molecule has 2 heteroatoms. The van der Waals surface area contributed by atoms with E-state index in [-0.39, 0.29) is 0 Å². The molecule has 2 heterocycles. The number of hydrogen-bond acceptors (Lipinski definition) is 0. The third kappa shape index (κ3) is 4.65. The van der Waals surface area contributed by atoms with Crippen molar-refractivity contribution in [1.29, 1.82) is 0 Å². The molecule has 2 aromatic heterocycles. The minimum atomic E-state index is 0.855. The third-order valence-corrected chi connectivity index (χ3v) is 5.82. The Morgan fingerprint density at radius 1 is 0.344 bits per heavy atom. The second-order valence-electron chi connectivity index (χ2n) is 8.02. The lowest BCUT2D eigenvalue weighted by atomic mass is 10.1. The quantitative estimate of drug-likeness (QED) is 0.315. The zero-order chi connectivity index (χ0) is 21.6. The van der Waals surface area contributed by atoms with Gasteiger partial charge in [-0.05, 0) is 22.3 Å². The molecular weight excluding hydrogens is 388 g/mol. The van der Waals surface area contributed by atoms with Gasteiger partial charge in [0.1, 0.15) is 0 Å². The number of rotatable bonds is 6. The second kappa shape index (κ2) is 9.40. The van der Waals surface area contributed by atoms with Gasteiger partial charge in [0.15, 0.2) is 37.9 Å². The molecule has 32 heavy (non-hydrogen) atoms. The molecule has 0 saturated heterocycles. The van der Waals surface area contributed by atoms with Crippen molar-refractivity contribution in [2.75, 3.05) is 0 Å². The summed E-state index contributed by atoms with van der Waals surface area (Å²) in [4.78, 5) is 0. The fourth-order valence-electron chi connectivity index (χ4n) is 4.03. The maximum atomic E-state index is 2.24. The van der Waals surface area contributed by atoms with E-state index in [0.717, 1.165) is 13.1 Å². The van der Waals surface area contributed by atoms with Crippen LogP contribution in [0.1, 0.15) is 11.1 Å². The Kier molecular flexibility index (Phi) is 5.85. The van der Waals surface area contributed by atoms with Gasteiger partial charge in [-0.2, -0.15) is 0 Å². The summed E-state index contributed by atoms with van der Waals surface area (Å²) in [6.45, 7) is 1.71. The molecule has 0 spiro atoms. The standard InChI is InChI=1S/C30H26N2/c1-3-9-25(10-4-1)27-15-19-31(20-16-27)23-29-13-7-8-14-30(29)24-32-21-17-28(18-22-32)26-11-5-2-6-12-26/h1-22H,23-24H2/q+2. The van der Waals surface area contributed by atoms with Crippen LogP contribution in [0.2, 0.25) is 0 Å². The van der Waals surface area contributed by atoms with Crippen LogP contribution in [0.15, 0.2) is 134 Å². The average Bonchev–Trinajstić information content (AvgIpc) is 2.87. The summed E-state index contributed by atoms with van der Waals surface area (Å²) in [5.41, 5.74) is 7.65. The first kappa shape index (κ1) is 19.9. The van der Waals surface area contributed by atoms with E-state index in [1.807, 2.05) is 0 Å². The number of pyridine rings is 2. The molecule has 3 aromatic carbocycles. The molecule has 0 radical (unpaired) electrons. The summed E-state index contributed by atoms with van der Waals surface area (Å²) < 4.78 is 4.49. The minimum absolute atomic E-state index is 0.855. The van der Waals surface area contributed by atoms with Crippen molar-refractivity contribution in [3.63, 3.8) is 0 Å². The van der Waals surface area contributed by atoms with Gasteiger partial charge in [0.25, 0.3) is 0 Å². The molecule has 0 atom stereocenters. The van der Waals surface area contributed by atoms with Crippen LogP contribution in [-0.2, 0) is 13.1 Å². The SMILES string of the molecule is c1ccc(-c2cc[n+](Cc3ccccc3C[n+]3ccc(-c4ccccc4)cc3)cc2)cc1. The first-order valence-corrected chi connectivity index (χ1v) is 11.0. The zero-order valence-electron chi connectivity index (χ0n) is 18.0. The van der Waals surface area contributed by atoms with Crippen LogP contribution in [0.3, 0.4) is 0 Å². The second-order valence-corrected chi connectivity index (χ2v) is 8.02. The number of aromatic nitrogens is 2. The molecule has 0 N–H and O–H groups in total. The van der Waals surface area contributed by atoms with E-state index >= 15 is 0 Å². The Morgan fingerprint density at radius 3 is 1.03 bits per heavy atom. The van der Waals surface area contributed by atoms with Gasteiger partial charge in [0, 0.05) is 35.4 Å². The Labute approximate surface area is 189 Å². The van der Waals surface area contributed by atoms with Crippen molar-refractivity contribution in [2.45, 2.75) is 13.1 Å². The van der Waals surface area contributed by atoms with Crippen molar-refractivity contribution in [2.24, 2.45) is 0 Å². The molecule has 0 bridgehead atoms. The number of nitrogens with zero attached hydrogens (tertiary/aromatic N) is 2. The van der Waals surface area contributed by atoms with Gasteiger partial charge < -0.3 is 0 Å². The molecule has 0 aliphatic rings. The van der Waals surface area contributed by atoms with Gasteiger partial charge >= 0.3 is 0 Å². The summed E-state index contributed by atoms with van der Waals surface area (Å²) in [5, 5.41) is 0. The zero-order valence-corrected chi connectivity index (χ0v) is 18.0. The molecule has 0 amide bonds. The largest absolute Gasteiger partial charge is 0.201 e. The van der Waals surface area contributed by atoms with Crippen molar-refractivity contribution in [3.8, 4) is 22.3 Å². The Balaban J connectivity index is 1.32. The van der Waals surface area contributed by atoms with E-state index in [0.29, 0.717) is 0 Å². The maximum Gasteiger partial charge on any atom is 0.174 e. The molecular formula is C30H26N2+2. The normalized spacial score (nSPS) is 10.8. The third-order valence-electron chi connectivity index (χ3n) is 5.82. The Bertz CT molecular complexity index is 1170. The Hall–Kier alpha value is -4.04. The fourth-order valence-corrected chi connectivity index (χ4v) is 4.03. The van der Waals surface area contributed by atoms with Crippen LogP contribution in [0.5, 0.6) is 0 Å². The average molecular weight is 415 g/mol. The highest BCUT2D eigenvalue weighted by molar-refractivity contribution is 5.62. The van der Waals surface area contributed by atoms with Gasteiger partial charge in [-0.25, -0.2) is 9.13 Å². The molecule has 0 unspecified atom stereocenters. The van der Waals surface area contributed by atoms with E-state index in [9.17, 15) is 0 Å². The first-order valence-electron chi connectivity index (χ1n) is 11.0. The molecule has 0 saturated carbocycles. The van der Waals surface area contributed by atoms with Gasteiger partial charge in [-0.1, -0.05) is 84.9 Å². The van der Waals surface area contributed by atoms with Crippen LogP contribution in [-0.4, -0.2) is 0 Å².